The quantitative estimate of drug-likeness (QED) is 0.807. The fourth-order valence-corrected chi connectivity index (χ4v) is 2.35. The molecule has 1 aliphatic rings. The van der Waals surface area contributed by atoms with Gasteiger partial charge in [0.15, 0.2) is 0 Å². The van der Waals surface area contributed by atoms with Crippen molar-refractivity contribution >= 4 is 29.1 Å². The minimum atomic E-state index is -0.531. The maximum Gasteiger partial charge on any atom is 0.252 e. The zero-order valence-electron chi connectivity index (χ0n) is 12.2. The molecular formula is C15H19N3O3. The van der Waals surface area contributed by atoms with Crippen LogP contribution in [0.1, 0.15) is 26.7 Å². The molecule has 1 unspecified atom stereocenters. The second kappa shape index (κ2) is 6.39. The number of hydrogen-bond donors (Lipinski definition) is 2. The molecule has 3 amide bonds. The van der Waals surface area contributed by atoms with E-state index in [1.807, 2.05) is 6.92 Å². The lowest BCUT2D eigenvalue weighted by Gasteiger charge is -2.15. The third-order valence-corrected chi connectivity index (χ3v) is 3.21. The predicted octanol–water partition coefficient (Wildman–Crippen LogP) is 1.59. The van der Waals surface area contributed by atoms with Crippen LogP contribution >= 0.6 is 0 Å². The van der Waals surface area contributed by atoms with Crippen LogP contribution in [0.3, 0.4) is 0 Å². The van der Waals surface area contributed by atoms with E-state index in [9.17, 15) is 14.4 Å². The summed E-state index contributed by atoms with van der Waals surface area (Å²) in [6, 6.07) is 6.54. The second-order valence-electron chi connectivity index (χ2n) is 5.05. The van der Waals surface area contributed by atoms with Gasteiger partial charge in [-0.05, 0) is 24.6 Å². The summed E-state index contributed by atoms with van der Waals surface area (Å²) in [5.74, 6) is -0.488. The molecule has 1 aromatic rings. The summed E-state index contributed by atoms with van der Waals surface area (Å²) in [5, 5.41) is 5.74. The predicted molar refractivity (Wildman–Crippen MR) is 79.8 cm³/mol. The molecule has 1 atom stereocenters. The van der Waals surface area contributed by atoms with Crippen molar-refractivity contribution in [3.8, 4) is 0 Å². The van der Waals surface area contributed by atoms with E-state index in [0.717, 1.165) is 6.42 Å². The molecule has 0 bridgehead atoms. The summed E-state index contributed by atoms with van der Waals surface area (Å²) in [6.45, 7) is 3.82. The Morgan fingerprint density at radius 3 is 2.71 bits per heavy atom. The number of anilines is 2. The topological polar surface area (TPSA) is 78.5 Å². The standard InChI is InChI=1S/C15H19N3O3/c1-3-7-18-14(20)9-13(15(18)21)17-12-6-4-5-11(8-12)16-10(2)19/h4-6,8,13,17H,3,7,9H2,1-2H3,(H,16,19). The SMILES string of the molecule is CCCN1C(=O)CC(Nc2cccc(NC(C)=O)c2)C1=O. The highest BCUT2D eigenvalue weighted by Crippen LogP contribution is 2.21. The third-order valence-electron chi connectivity index (χ3n) is 3.21. The van der Waals surface area contributed by atoms with Crippen LogP contribution in [0.5, 0.6) is 0 Å². The summed E-state index contributed by atoms with van der Waals surface area (Å²) in [7, 11) is 0. The first kappa shape index (κ1) is 15.0. The molecule has 2 rings (SSSR count). The Hall–Kier alpha value is -2.37. The molecular weight excluding hydrogens is 270 g/mol. The van der Waals surface area contributed by atoms with Crippen molar-refractivity contribution in [1.82, 2.24) is 4.90 Å². The highest BCUT2D eigenvalue weighted by molar-refractivity contribution is 6.06. The van der Waals surface area contributed by atoms with Crippen molar-refractivity contribution < 1.29 is 14.4 Å². The summed E-state index contributed by atoms with van der Waals surface area (Å²) < 4.78 is 0. The number of imide groups is 1. The Bertz CT molecular complexity index is 571. The van der Waals surface area contributed by atoms with Gasteiger partial charge in [0, 0.05) is 24.8 Å². The molecule has 2 N–H and O–H groups in total. The average molecular weight is 289 g/mol. The van der Waals surface area contributed by atoms with E-state index in [1.54, 1.807) is 24.3 Å². The minimum absolute atomic E-state index is 0.141. The van der Waals surface area contributed by atoms with Gasteiger partial charge in [0.05, 0.1) is 6.42 Å². The highest BCUT2D eigenvalue weighted by atomic mass is 16.2. The molecule has 0 spiro atoms. The van der Waals surface area contributed by atoms with E-state index >= 15 is 0 Å². The van der Waals surface area contributed by atoms with Gasteiger partial charge in [0.25, 0.3) is 5.91 Å². The number of amides is 3. The number of nitrogens with one attached hydrogen (secondary N) is 2. The molecule has 0 radical (unpaired) electrons. The number of rotatable bonds is 5. The highest BCUT2D eigenvalue weighted by Gasteiger charge is 2.37. The molecule has 112 valence electrons. The Morgan fingerprint density at radius 2 is 2.05 bits per heavy atom. The lowest BCUT2D eigenvalue weighted by molar-refractivity contribution is -0.138. The normalized spacial score (nSPS) is 18.0. The van der Waals surface area contributed by atoms with Crippen LogP contribution in [0, 0.1) is 0 Å². The largest absolute Gasteiger partial charge is 0.373 e. The van der Waals surface area contributed by atoms with Gasteiger partial charge >= 0.3 is 0 Å². The van der Waals surface area contributed by atoms with E-state index in [4.69, 9.17) is 0 Å². The monoisotopic (exact) mass is 289 g/mol. The van der Waals surface area contributed by atoms with Crippen LogP contribution in [0.25, 0.3) is 0 Å². The third kappa shape index (κ3) is 3.59. The van der Waals surface area contributed by atoms with E-state index in [2.05, 4.69) is 10.6 Å². The maximum absolute atomic E-state index is 12.1. The van der Waals surface area contributed by atoms with Gasteiger partial charge in [-0.3, -0.25) is 19.3 Å². The average Bonchev–Trinajstić information content (AvgIpc) is 2.66. The van der Waals surface area contributed by atoms with Gasteiger partial charge in [0.1, 0.15) is 6.04 Å². The van der Waals surface area contributed by atoms with Crippen LogP contribution in [0.4, 0.5) is 11.4 Å². The zero-order chi connectivity index (χ0) is 15.4. The summed E-state index contributed by atoms with van der Waals surface area (Å²) in [5.41, 5.74) is 1.35. The van der Waals surface area contributed by atoms with Crippen molar-refractivity contribution in [2.75, 3.05) is 17.2 Å². The van der Waals surface area contributed by atoms with Gasteiger partial charge in [-0.1, -0.05) is 13.0 Å². The smallest absolute Gasteiger partial charge is 0.252 e. The van der Waals surface area contributed by atoms with Crippen molar-refractivity contribution in [1.29, 1.82) is 0 Å². The molecule has 0 aromatic heterocycles. The molecule has 6 heteroatoms. The Morgan fingerprint density at radius 1 is 1.33 bits per heavy atom. The summed E-state index contributed by atoms with van der Waals surface area (Å²) >= 11 is 0. The van der Waals surface area contributed by atoms with Gasteiger partial charge < -0.3 is 10.6 Å². The van der Waals surface area contributed by atoms with E-state index in [0.29, 0.717) is 17.9 Å². The summed E-state index contributed by atoms with van der Waals surface area (Å²) in [4.78, 5) is 36.3. The number of nitrogens with zero attached hydrogens (tertiary/aromatic N) is 1. The van der Waals surface area contributed by atoms with Gasteiger partial charge in [0.2, 0.25) is 11.8 Å². The van der Waals surface area contributed by atoms with E-state index in [1.165, 1.54) is 11.8 Å². The number of carbonyl (C=O) groups excluding carboxylic acids is 3. The molecule has 1 aromatic carbocycles. The molecule has 0 saturated carbocycles. The van der Waals surface area contributed by atoms with E-state index in [-0.39, 0.29) is 24.1 Å². The van der Waals surface area contributed by atoms with Crippen molar-refractivity contribution in [2.24, 2.45) is 0 Å². The van der Waals surface area contributed by atoms with Gasteiger partial charge in [-0.25, -0.2) is 0 Å². The lowest BCUT2D eigenvalue weighted by atomic mass is 10.2. The molecule has 1 saturated heterocycles. The first-order chi connectivity index (χ1) is 10.0. The number of likely N-dealkylation sites (tertiary alicyclic amines) is 1. The van der Waals surface area contributed by atoms with Crippen molar-refractivity contribution in [3.05, 3.63) is 24.3 Å². The zero-order valence-corrected chi connectivity index (χ0v) is 12.2. The maximum atomic E-state index is 12.1. The Kier molecular flexibility index (Phi) is 4.57. The van der Waals surface area contributed by atoms with Crippen LogP contribution < -0.4 is 10.6 Å². The Balaban J connectivity index is 2.07. The lowest BCUT2D eigenvalue weighted by Crippen LogP contribution is -2.35. The van der Waals surface area contributed by atoms with Crippen molar-refractivity contribution in [3.63, 3.8) is 0 Å². The fourth-order valence-electron chi connectivity index (χ4n) is 2.35. The van der Waals surface area contributed by atoms with Crippen LogP contribution in [0.2, 0.25) is 0 Å². The van der Waals surface area contributed by atoms with Crippen LogP contribution in [-0.2, 0) is 14.4 Å². The first-order valence-electron chi connectivity index (χ1n) is 6.99. The minimum Gasteiger partial charge on any atom is -0.373 e. The van der Waals surface area contributed by atoms with Gasteiger partial charge in [-0.15, -0.1) is 0 Å². The Labute approximate surface area is 123 Å². The first-order valence-corrected chi connectivity index (χ1v) is 6.99. The fraction of sp³-hybridized carbons (Fsp3) is 0.400. The molecule has 1 aliphatic heterocycles. The molecule has 0 aliphatic carbocycles. The second-order valence-corrected chi connectivity index (χ2v) is 5.05. The van der Waals surface area contributed by atoms with Crippen LogP contribution in [-0.4, -0.2) is 35.2 Å². The molecule has 1 fully saturated rings. The number of carbonyl (C=O) groups is 3. The summed E-state index contributed by atoms with van der Waals surface area (Å²) in [6.07, 6.45) is 0.922. The van der Waals surface area contributed by atoms with Crippen LogP contribution in [0.15, 0.2) is 24.3 Å². The molecule has 6 nitrogen and oxygen atoms in total. The van der Waals surface area contributed by atoms with Crippen molar-refractivity contribution in [2.45, 2.75) is 32.7 Å². The van der Waals surface area contributed by atoms with E-state index < -0.39 is 6.04 Å². The number of benzene rings is 1. The molecule has 1 heterocycles. The molecule has 21 heavy (non-hydrogen) atoms. The number of hydrogen-bond acceptors (Lipinski definition) is 4. The van der Waals surface area contributed by atoms with Gasteiger partial charge in [-0.2, -0.15) is 0 Å².